The molecule has 0 aromatic heterocycles. The van der Waals surface area contributed by atoms with Crippen LogP contribution in [0.25, 0.3) is 0 Å². The molecule has 0 radical (unpaired) electrons. The molecule has 2 saturated heterocycles. The molecular formula is C6H6O4. The largest absolute Gasteiger partial charge is 0.393 e. The summed E-state index contributed by atoms with van der Waals surface area (Å²) in [5, 5.41) is 0. The zero-order valence-corrected chi connectivity index (χ0v) is 5.20. The first-order valence-electron chi connectivity index (χ1n) is 3.12. The molecule has 0 aromatic rings. The lowest BCUT2D eigenvalue weighted by atomic mass is 10.00. The van der Waals surface area contributed by atoms with Gasteiger partial charge in [-0.25, -0.2) is 0 Å². The minimum atomic E-state index is -0.424. The number of cyclic esters (lactones) is 2. The van der Waals surface area contributed by atoms with Crippen molar-refractivity contribution in [2.24, 2.45) is 11.8 Å². The normalized spacial score (nSPS) is 38.0. The molecule has 0 spiro atoms. The summed E-state index contributed by atoms with van der Waals surface area (Å²) in [5.74, 6) is -1.47. The highest BCUT2D eigenvalue weighted by molar-refractivity contribution is 5.96. The maximum absolute atomic E-state index is 10.7. The van der Waals surface area contributed by atoms with E-state index in [1.54, 1.807) is 0 Å². The van der Waals surface area contributed by atoms with Crippen molar-refractivity contribution in [2.75, 3.05) is 13.2 Å². The van der Waals surface area contributed by atoms with Gasteiger partial charge in [0.15, 0.2) is 0 Å². The van der Waals surface area contributed by atoms with Crippen molar-refractivity contribution < 1.29 is 19.1 Å². The molecule has 2 rings (SSSR count). The predicted octanol–water partition coefficient (Wildman–Crippen LogP) is -0.668. The molecule has 0 amide bonds. The van der Waals surface area contributed by atoms with Crippen LogP contribution in [0.3, 0.4) is 0 Å². The van der Waals surface area contributed by atoms with Crippen LogP contribution >= 0.6 is 0 Å². The topological polar surface area (TPSA) is 52.6 Å². The van der Waals surface area contributed by atoms with Crippen LogP contribution in [0.15, 0.2) is 0 Å². The standard InChI is InChI=1S/C6H6O4/c7-5-3-1-9-2-4(3)6(8)10-5/h3-4H,1-2H2/t3-,4+. The lowest BCUT2D eigenvalue weighted by Crippen LogP contribution is -2.14. The third-order valence-corrected chi connectivity index (χ3v) is 1.89. The van der Waals surface area contributed by atoms with Gasteiger partial charge in [0.25, 0.3) is 0 Å². The Kier molecular flexibility index (Phi) is 1.05. The van der Waals surface area contributed by atoms with Gasteiger partial charge < -0.3 is 9.47 Å². The highest BCUT2D eigenvalue weighted by Gasteiger charge is 2.48. The van der Waals surface area contributed by atoms with Crippen LogP contribution in [0.1, 0.15) is 0 Å². The second kappa shape index (κ2) is 1.79. The third kappa shape index (κ3) is 0.593. The molecule has 2 aliphatic rings. The molecule has 2 atom stereocenters. The first-order valence-corrected chi connectivity index (χ1v) is 3.12. The van der Waals surface area contributed by atoms with E-state index in [4.69, 9.17) is 4.74 Å². The minimum Gasteiger partial charge on any atom is -0.393 e. The van der Waals surface area contributed by atoms with Gasteiger partial charge in [0.05, 0.1) is 25.0 Å². The predicted molar refractivity (Wildman–Crippen MR) is 28.9 cm³/mol. The molecule has 2 aliphatic heterocycles. The Morgan fingerprint density at radius 3 is 2.10 bits per heavy atom. The van der Waals surface area contributed by atoms with Crippen molar-refractivity contribution in [3.05, 3.63) is 0 Å². The molecule has 0 aliphatic carbocycles. The summed E-state index contributed by atoms with van der Waals surface area (Å²) in [6, 6.07) is 0. The van der Waals surface area contributed by atoms with Crippen LogP contribution in [0.2, 0.25) is 0 Å². The maximum Gasteiger partial charge on any atom is 0.319 e. The average molecular weight is 142 g/mol. The third-order valence-electron chi connectivity index (χ3n) is 1.89. The van der Waals surface area contributed by atoms with E-state index in [2.05, 4.69) is 4.74 Å². The highest BCUT2D eigenvalue weighted by Crippen LogP contribution is 2.28. The van der Waals surface area contributed by atoms with Crippen LogP contribution in [0, 0.1) is 11.8 Å². The number of fused-ring (bicyclic) bond motifs is 1. The molecule has 2 fully saturated rings. The van der Waals surface area contributed by atoms with Gasteiger partial charge in [0.2, 0.25) is 0 Å². The van der Waals surface area contributed by atoms with Gasteiger partial charge in [-0.1, -0.05) is 0 Å². The van der Waals surface area contributed by atoms with Gasteiger partial charge in [0.1, 0.15) is 0 Å². The summed E-state index contributed by atoms with van der Waals surface area (Å²) in [4.78, 5) is 21.5. The zero-order chi connectivity index (χ0) is 7.14. The van der Waals surface area contributed by atoms with Gasteiger partial charge in [-0.05, 0) is 0 Å². The van der Waals surface area contributed by atoms with E-state index in [-0.39, 0.29) is 11.8 Å². The fraction of sp³-hybridized carbons (Fsp3) is 0.667. The quantitative estimate of drug-likeness (QED) is 0.332. The Morgan fingerprint density at radius 2 is 1.60 bits per heavy atom. The first-order chi connectivity index (χ1) is 4.79. The van der Waals surface area contributed by atoms with Gasteiger partial charge in [-0.3, -0.25) is 9.59 Å². The number of esters is 2. The summed E-state index contributed by atoms with van der Waals surface area (Å²) in [7, 11) is 0. The minimum absolute atomic E-state index is 0.313. The summed E-state index contributed by atoms with van der Waals surface area (Å²) in [6.07, 6.45) is 0. The Balaban J connectivity index is 2.27. The first kappa shape index (κ1) is 5.85. The summed E-state index contributed by atoms with van der Waals surface area (Å²) < 4.78 is 9.30. The van der Waals surface area contributed by atoms with Crippen LogP contribution in [-0.2, 0) is 19.1 Å². The van der Waals surface area contributed by atoms with Crippen molar-refractivity contribution in [1.82, 2.24) is 0 Å². The van der Waals surface area contributed by atoms with Crippen molar-refractivity contribution in [2.45, 2.75) is 0 Å². The smallest absolute Gasteiger partial charge is 0.319 e. The number of ether oxygens (including phenoxy) is 2. The second-order valence-corrected chi connectivity index (χ2v) is 2.49. The lowest BCUT2D eigenvalue weighted by molar-refractivity contribution is -0.155. The molecule has 4 nitrogen and oxygen atoms in total. The molecule has 4 heteroatoms. The molecule has 0 aromatic carbocycles. The number of carbonyl (C=O) groups is 2. The van der Waals surface area contributed by atoms with E-state index in [9.17, 15) is 9.59 Å². The molecule has 0 unspecified atom stereocenters. The molecule has 0 saturated carbocycles. The van der Waals surface area contributed by atoms with Crippen LogP contribution in [0.4, 0.5) is 0 Å². The van der Waals surface area contributed by atoms with E-state index in [1.807, 2.05) is 0 Å². The van der Waals surface area contributed by atoms with Crippen molar-refractivity contribution in [3.63, 3.8) is 0 Å². The molecule has 10 heavy (non-hydrogen) atoms. The van der Waals surface area contributed by atoms with E-state index in [0.717, 1.165) is 0 Å². The van der Waals surface area contributed by atoms with E-state index >= 15 is 0 Å². The summed E-state index contributed by atoms with van der Waals surface area (Å²) >= 11 is 0. The fourth-order valence-electron chi connectivity index (χ4n) is 1.27. The maximum atomic E-state index is 10.7. The fourth-order valence-corrected chi connectivity index (χ4v) is 1.27. The van der Waals surface area contributed by atoms with Crippen molar-refractivity contribution >= 4 is 11.9 Å². The van der Waals surface area contributed by atoms with Gasteiger partial charge >= 0.3 is 11.9 Å². The second-order valence-electron chi connectivity index (χ2n) is 2.49. The Morgan fingerprint density at radius 1 is 1.10 bits per heavy atom. The monoisotopic (exact) mass is 142 g/mol. The molecule has 0 N–H and O–H groups in total. The van der Waals surface area contributed by atoms with Gasteiger partial charge in [0, 0.05) is 0 Å². The van der Waals surface area contributed by atoms with Crippen molar-refractivity contribution in [1.29, 1.82) is 0 Å². The van der Waals surface area contributed by atoms with Crippen LogP contribution in [0.5, 0.6) is 0 Å². The SMILES string of the molecule is O=C1OC(=O)[C@@H]2COC[C@H]12. The lowest BCUT2D eigenvalue weighted by Gasteiger charge is -1.92. The average Bonchev–Trinajstić information content (AvgIpc) is 2.39. The number of hydrogen-bond acceptors (Lipinski definition) is 4. The van der Waals surface area contributed by atoms with Gasteiger partial charge in [-0.15, -0.1) is 0 Å². The van der Waals surface area contributed by atoms with Crippen LogP contribution in [-0.4, -0.2) is 25.2 Å². The Labute approximate surface area is 57.1 Å². The number of rotatable bonds is 0. The Bertz CT molecular complexity index is 178. The number of carbonyl (C=O) groups excluding carboxylic acids is 2. The molecule has 54 valence electrons. The van der Waals surface area contributed by atoms with Crippen LogP contribution < -0.4 is 0 Å². The summed E-state index contributed by atoms with van der Waals surface area (Å²) in [6.45, 7) is 0.685. The molecule has 0 bridgehead atoms. The highest BCUT2D eigenvalue weighted by atomic mass is 16.6. The molecule has 2 heterocycles. The summed E-state index contributed by atoms with van der Waals surface area (Å²) in [5.41, 5.74) is 0. The van der Waals surface area contributed by atoms with Crippen molar-refractivity contribution in [3.8, 4) is 0 Å². The van der Waals surface area contributed by atoms with E-state index in [0.29, 0.717) is 13.2 Å². The Hall–Kier alpha value is -0.900. The van der Waals surface area contributed by atoms with E-state index in [1.165, 1.54) is 0 Å². The molecular weight excluding hydrogens is 136 g/mol. The van der Waals surface area contributed by atoms with Gasteiger partial charge in [-0.2, -0.15) is 0 Å². The van der Waals surface area contributed by atoms with E-state index < -0.39 is 11.9 Å². The number of hydrogen-bond donors (Lipinski definition) is 0. The zero-order valence-electron chi connectivity index (χ0n) is 5.20.